The largest absolute Gasteiger partial charge is 0.476 e. The van der Waals surface area contributed by atoms with E-state index in [4.69, 9.17) is 5.11 Å². The van der Waals surface area contributed by atoms with Crippen molar-refractivity contribution in [3.05, 3.63) is 46.3 Å². The molecule has 136 valence electrons. The normalized spacial score (nSPS) is 14.3. The van der Waals surface area contributed by atoms with E-state index in [9.17, 15) is 19.7 Å². The zero-order valence-corrected chi connectivity index (χ0v) is 13.7. The first-order valence-electron chi connectivity index (χ1n) is 7.85. The van der Waals surface area contributed by atoms with Gasteiger partial charge in [0.25, 0.3) is 5.69 Å². The van der Waals surface area contributed by atoms with Crippen molar-refractivity contribution in [1.82, 2.24) is 19.9 Å². The number of carboxylic acids is 1. The number of benzene rings is 1. The summed E-state index contributed by atoms with van der Waals surface area (Å²) >= 11 is 0. The number of anilines is 1. The summed E-state index contributed by atoms with van der Waals surface area (Å²) in [5, 5.41) is 27.0. The number of carboxylic acid groups (broad SMARTS) is 1. The van der Waals surface area contributed by atoms with Gasteiger partial charge in [0, 0.05) is 32.2 Å². The van der Waals surface area contributed by atoms with Crippen LogP contribution in [0, 0.1) is 10.1 Å². The SMILES string of the molecule is O=C(O)c1cn(CC(=O)N2CCN(c3ccccc3[N+](=O)[O-])CC2)nn1. The van der Waals surface area contributed by atoms with E-state index < -0.39 is 10.9 Å². The molecule has 0 spiro atoms. The Kier molecular flexibility index (Phi) is 4.78. The third-order valence-corrected chi connectivity index (χ3v) is 4.11. The van der Waals surface area contributed by atoms with Gasteiger partial charge in [0.05, 0.1) is 11.1 Å². The molecule has 3 rings (SSSR count). The van der Waals surface area contributed by atoms with Crippen LogP contribution >= 0.6 is 0 Å². The summed E-state index contributed by atoms with van der Waals surface area (Å²) in [6.45, 7) is 1.64. The number of aromatic carboxylic acids is 1. The Morgan fingerprint density at radius 1 is 1.19 bits per heavy atom. The minimum Gasteiger partial charge on any atom is -0.476 e. The van der Waals surface area contributed by atoms with Crippen LogP contribution in [-0.2, 0) is 11.3 Å². The number of para-hydroxylation sites is 2. The summed E-state index contributed by atoms with van der Waals surface area (Å²) in [5.41, 5.74) is 0.349. The molecule has 1 amide bonds. The summed E-state index contributed by atoms with van der Waals surface area (Å²) in [6.07, 6.45) is 1.20. The highest BCUT2D eigenvalue weighted by atomic mass is 16.6. The van der Waals surface area contributed by atoms with Crippen LogP contribution in [0.1, 0.15) is 10.5 Å². The van der Waals surface area contributed by atoms with Gasteiger partial charge >= 0.3 is 5.97 Å². The molecule has 2 heterocycles. The smallest absolute Gasteiger partial charge is 0.358 e. The number of carbonyl (C=O) groups excluding carboxylic acids is 1. The molecule has 1 saturated heterocycles. The third-order valence-electron chi connectivity index (χ3n) is 4.11. The van der Waals surface area contributed by atoms with Crippen molar-refractivity contribution in [1.29, 1.82) is 0 Å². The van der Waals surface area contributed by atoms with Crippen molar-refractivity contribution >= 4 is 23.3 Å². The summed E-state index contributed by atoms with van der Waals surface area (Å²) in [7, 11) is 0. The van der Waals surface area contributed by atoms with Gasteiger partial charge in [0.15, 0.2) is 5.69 Å². The number of nitro benzene ring substituents is 1. The minimum absolute atomic E-state index is 0.0380. The monoisotopic (exact) mass is 360 g/mol. The number of nitrogens with zero attached hydrogens (tertiary/aromatic N) is 6. The number of amides is 1. The molecule has 1 aliphatic heterocycles. The summed E-state index contributed by atoms with van der Waals surface area (Å²) < 4.78 is 1.18. The lowest BCUT2D eigenvalue weighted by molar-refractivity contribution is -0.384. The fourth-order valence-corrected chi connectivity index (χ4v) is 2.79. The highest BCUT2D eigenvalue weighted by Gasteiger charge is 2.25. The van der Waals surface area contributed by atoms with E-state index >= 15 is 0 Å². The van der Waals surface area contributed by atoms with E-state index in [0.717, 1.165) is 0 Å². The quantitative estimate of drug-likeness (QED) is 0.591. The van der Waals surface area contributed by atoms with Gasteiger partial charge in [-0.25, -0.2) is 9.48 Å². The molecular formula is C15H16N6O5. The van der Waals surface area contributed by atoms with Crippen LogP contribution in [0.5, 0.6) is 0 Å². The Labute approximate surface area is 147 Å². The molecule has 1 fully saturated rings. The Balaban J connectivity index is 1.60. The summed E-state index contributed by atoms with van der Waals surface area (Å²) in [5.74, 6) is -1.42. The fraction of sp³-hybridized carbons (Fsp3) is 0.333. The van der Waals surface area contributed by atoms with Crippen LogP contribution in [0.2, 0.25) is 0 Å². The van der Waals surface area contributed by atoms with Gasteiger partial charge in [-0.1, -0.05) is 17.3 Å². The zero-order chi connectivity index (χ0) is 18.7. The molecule has 0 bridgehead atoms. The van der Waals surface area contributed by atoms with Gasteiger partial charge in [-0.05, 0) is 6.07 Å². The van der Waals surface area contributed by atoms with Gasteiger partial charge in [0.1, 0.15) is 12.2 Å². The highest BCUT2D eigenvalue weighted by Crippen LogP contribution is 2.28. The predicted octanol–water partition coefficient (Wildman–Crippen LogP) is 0.233. The maximum absolute atomic E-state index is 12.3. The van der Waals surface area contributed by atoms with E-state index in [1.807, 2.05) is 4.90 Å². The second kappa shape index (κ2) is 7.17. The topological polar surface area (TPSA) is 135 Å². The third kappa shape index (κ3) is 3.61. The number of piperazine rings is 1. The van der Waals surface area contributed by atoms with Gasteiger partial charge in [-0.2, -0.15) is 0 Å². The van der Waals surface area contributed by atoms with Crippen molar-refractivity contribution in [2.24, 2.45) is 0 Å². The second-order valence-corrected chi connectivity index (χ2v) is 5.72. The maximum atomic E-state index is 12.3. The molecule has 1 aliphatic rings. The van der Waals surface area contributed by atoms with E-state index in [-0.39, 0.29) is 23.8 Å². The van der Waals surface area contributed by atoms with Crippen LogP contribution in [0.3, 0.4) is 0 Å². The van der Waals surface area contributed by atoms with Crippen molar-refractivity contribution < 1.29 is 19.6 Å². The molecule has 0 unspecified atom stereocenters. The number of carbonyl (C=O) groups is 2. The van der Waals surface area contributed by atoms with Gasteiger partial charge in [0.2, 0.25) is 5.91 Å². The number of rotatable bonds is 5. The van der Waals surface area contributed by atoms with Crippen LogP contribution in [-0.4, -0.2) is 68.0 Å². The molecule has 1 aromatic carbocycles. The molecule has 1 aromatic heterocycles. The number of aromatic nitrogens is 3. The van der Waals surface area contributed by atoms with Crippen LogP contribution in [0.25, 0.3) is 0 Å². The summed E-state index contributed by atoms with van der Waals surface area (Å²) in [6, 6.07) is 6.51. The number of hydrogen-bond donors (Lipinski definition) is 1. The average molecular weight is 360 g/mol. The minimum atomic E-state index is -1.21. The van der Waals surface area contributed by atoms with Crippen molar-refractivity contribution in [2.75, 3.05) is 31.1 Å². The molecule has 11 nitrogen and oxygen atoms in total. The van der Waals surface area contributed by atoms with Crippen LogP contribution in [0.4, 0.5) is 11.4 Å². The maximum Gasteiger partial charge on any atom is 0.358 e. The molecular weight excluding hydrogens is 344 g/mol. The second-order valence-electron chi connectivity index (χ2n) is 5.72. The Morgan fingerprint density at radius 3 is 2.50 bits per heavy atom. The van der Waals surface area contributed by atoms with Gasteiger partial charge < -0.3 is 14.9 Å². The molecule has 0 aliphatic carbocycles. The lowest BCUT2D eigenvalue weighted by Gasteiger charge is -2.35. The Morgan fingerprint density at radius 2 is 1.88 bits per heavy atom. The van der Waals surface area contributed by atoms with E-state index in [1.165, 1.54) is 16.9 Å². The first-order chi connectivity index (χ1) is 12.5. The zero-order valence-electron chi connectivity index (χ0n) is 13.7. The van der Waals surface area contributed by atoms with Crippen LogP contribution < -0.4 is 4.90 Å². The van der Waals surface area contributed by atoms with Gasteiger partial charge in [-0.3, -0.25) is 14.9 Å². The lowest BCUT2D eigenvalue weighted by Crippen LogP contribution is -2.49. The van der Waals surface area contributed by atoms with E-state index in [2.05, 4.69) is 10.3 Å². The molecule has 11 heteroatoms. The van der Waals surface area contributed by atoms with E-state index in [0.29, 0.717) is 31.9 Å². The van der Waals surface area contributed by atoms with Crippen molar-refractivity contribution in [3.63, 3.8) is 0 Å². The van der Waals surface area contributed by atoms with Crippen LogP contribution in [0.15, 0.2) is 30.5 Å². The standard InChI is InChI=1S/C15H16N6O5/c22-14(10-20-9-11(15(23)24)16-17-20)19-7-5-18(6-8-19)12-3-1-2-4-13(12)21(25)26/h1-4,9H,5-8,10H2,(H,23,24). The van der Waals surface area contributed by atoms with Crippen molar-refractivity contribution in [2.45, 2.75) is 6.54 Å². The fourth-order valence-electron chi connectivity index (χ4n) is 2.79. The van der Waals surface area contributed by atoms with Crippen molar-refractivity contribution in [3.8, 4) is 0 Å². The molecule has 26 heavy (non-hydrogen) atoms. The predicted molar refractivity (Wildman–Crippen MR) is 88.9 cm³/mol. The highest BCUT2D eigenvalue weighted by molar-refractivity contribution is 5.84. The molecule has 0 atom stereocenters. The first-order valence-corrected chi connectivity index (χ1v) is 7.85. The Bertz CT molecular complexity index is 843. The number of hydrogen-bond acceptors (Lipinski definition) is 7. The lowest BCUT2D eigenvalue weighted by atomic mass is 10.2. The average Bonchev–Trinajstić information content (AvgIpc) is 3.10. The molecule has 1 N–H and O–H groups in total. The molecule has 0 saturated carbocycles. The first kappa shape index (κ1) is 17.3. The Hall–Kier alpha value is -3.50. The molecule has 2 aromatic rings. The molecule has 0 radical (unpaired) electrons. The summed E-state index contributed by atoms with van der Waals surface area (Å²) in [4.78, 5) is 37.3. The van der Waals surface area contributed by atoms with E-state index in [1.54, 1.807) is 23.1 Å². The number of nitro groups is 1. The van der Waals surface area contributed by atoms with Gasteiger partial charge in [-0.15, -0.1) is 5.10 Å².